The zero-order valence-electron chi connectivity index (χ0n) is 22.1. The molecule has 0 bridgehead atoms. The molecule has 1 spiro atoms. The molecule has 5 heterocycles. The molecule has 4 aliphatic heterocycles. The Labute approximate surface area is 222 Å². The van der Waals surface area contributed by atoms with E-state index in [2.05, 4.69) is 9.80 Å². The molecule has 1 aromatic carbocycles. The fourth-order valence-corrected chi connectivity index (χ4v) is 7.71. The van der Waals surface area contributed by atoms with Gasteiger partial charge in [0.2, 0.25) is 0 Å². The predicted octanol–water partition coefficient (Wildman–Crippen LogP) is 3.40. The Morgan fingerprint density at radius 1 is 1.18 bits per heavy atom. The van der Waals surface area contributed by atoms with Crippen LogP contribution >= 0.6 is 0 Å². The van der Waals surface area contributed by atoms with Crippen molar-refractivity contribution in [3.63, 3.8) is 0 Å². The minimum absolute atomic E-state index is 0.241. The number of phenolic OH excluding ortho intramolecular Hbond substituents is 1. The molecule has 9 heteroatoms. The van der Waals surface area contributed by atoms with E-state index < -0.39 is 17.4 Å². The van der Waals surface area contributed by atoms with Gasteiger partial charge in [-0.15, -0.1) is 0 Å². The van der Waals surface area contributed by atoms with Crippen LogP contribution in [-0.4, -0.2) is 75.2 Å². The maximum atomic E-state index is 14.3. The largest absolute Gasteiger partial charge is 0.508 e. The minimum atomic E-state index is -0.814. The number of nitrogens with zero attached hydrogens (tertiary/aromatic N) is 4. The Morgan fingerprint density at radius 2 is 2.05 bits per heavy atom. The van der Waals surface area contributed by atoms with E-state index in [9.17, 15) is 14.6 Å². The molecule has 3 saturated heterocycles. The van der Waals surface area contributed by atoms with Gasteiger partial charge in [0.25, 0.3) is 0 Å². The Bertz CT molecular complexity index is 1260. The van der Waals surface area contributed by atoms with Crippen molar-refractivity contribution in [2.45, 2.75) is 87.8 Å². The zero-order valence-corrected chi connectivity index (χ0v) is 22.1. The fraction of sp³-hybridized carbons (Fsp3) is 0.655. The van der Waals surface area contributed by atoms with Crippen LogP contribution in [0.4, 0.5) is 10.2 Å². The summed E-state index contributed by atoms with van der Waals surface area (Å²) >= 11 is 0. The molecular weight excluding hydrogens is 487 g/mol. The summed E-state index contributed by atoms with van der Waals surface area (Å²) in [6.45, 7) is 5.28. The van der Waals surface area contributed by atoms with Gasteiger partial charge >= 0.3 is 6.01 Å². The lowest BCUT2D eigenvalue weighted by atomic mass is 9.86. The van der Waals surface area contributed by atoms with Crippen LogP contribution in [0, 0.1) is 0 Å². The molecule has 3 fully saturated rings. The number of hydrogen-bond acceptors (Lipinski definition) is 8. The maximum absolute atomic E-state index is 14.3. The number of phenols is 1. The number of halogens is 1. The summed E-state index contributed by atoms with van der Waals surface area (Å²) < 4.78 is 27.3. The van der Waals surface area contributed by atoms with Crippen molar-refractivity contribution in [1.29, 1.82) is 0 Å². The van der Waals surface area contributed by atoms with Crippen LogP contribution < -0.4 is 9.64 Å². The summed E-state index contributed by atoms with van der Waals surface area (Å²) in [5, 5.41) is 21.1. The van der Waals surface area contributed by atoms with Gasteiger partial charge in [-0.25, -0.2) is 4.39 Å². The van der Waals surface area contributed by atoms with E-state index in [1.54, 1.807) is 6.07 Å². The zero-order chi connectivity index (χ0) is 26.1. The van der Waals surface area contributed by atoms with Crippen LogP contribution in [0.5, 0.6) is 11.8 Å². The molecule has 204 valence electrons. The molecule has 0 amide bonds. The monoisotopic (exact) mass is 524 g/mol. The van der Waals surface area contributed by atoms with Gasteiger partial charge in [0, 0.05) is 38.0 Å². The molecule has 1 unspecified atom stereocenters. The van der Waals surface area contributed by atoms with Gasteiger partial charge in [0.05, 0.1) is 29.0 Å². The minimum Gasteiger partial charge on any atom is -0.508 e. The van der Waals surface area contributed by atoms with E-state index in [-0.39, 0.29) is 11.3 Å². The van der Waals surface area contributed by atoms with Crippen molar-refractivity contribution < 1.29 is 24.1 Å². The number of aromatic hydroxyl groups is 1. The van der Waals surface area contributed by atoms with Crippen molar-refractivity contribution in [3.8, 4) is 11.8 Å². The summed E-state index contributed by atoms with van der Waals surface area (Å²) in [6.07, 6.45) is 5.58. The molecule has 8 nitrogen and oxygen atoms in total. The first-order valence-corrected chi connectivity index (χ1v) is 14.1. The molecule has 2 N–H and O–H groups in total. The highest BCUT2D eigenvalue weighted by atomic mass is 19.1. The maximum Gasteiger partial charge on any atom is 0.318 e. The Morgan fingerprint density at radius 3 is 2.92 bits per heavy atom. The highest BCUT2D eigenvalue weighted by Crippen LogP contribution is 2.48. The molecule has 5 aliphatic rings. The standard InChI is InChI=1S/C29H37FN4O4/c1-27(36)7-2-10-33(17-27)25-22-16-38-29(9-6-19-4-5-21(35)12-23(19)29)14-24(22)31-26(32-25)37-18-28-8-3-11-34(28)15-20(30)13-28/h4-5,12,20,35-36H,2-3,6-11,13-18H2,1H3/t20-,27-,28+,29?/m1/s1. The number of aliphatic hydroxyl groups is 1. The van der Waals surface area contributed by atoms with Crippen LogP contribution in [0.25, 0.3) is 0 Å². The van der Waals surface area contributed by atoms with E-state index in [0.717, 1.165) is 74.3 Å². The van der Waals surface area contributed by atoms with E-state index in [4.69, 9.17) is 19.4 Å². The molecule has 0 radical (unpaired) electrons. The van der Waals surface area contributed by atoms with Crippen LogP contribution in [0.1, 0.15) is 67.8 Å². The van der Waals surface area contributed by atoms with Gasteiger partial charge < -0.3 is 24.6 Å². The number of anilines is 1. The second kappa shape index (κ2) is 8.76. The molecular formula is C29H37FN4O4. The number of alkyl halides is 1. The van der Waals surface area contributed by atoms with Crippen LogP contribution in [0.15, 0.2) is 18.2 Å². The number of aryl methyl sites for hydroxylation is 1. The van der Waals surface area contributed by atoms with Gasteiger partial charge in [0.1, 0.15) is 24.3 Å². The van der Waals surface area contributed by atoms with Gasteiger partial charge in [-0.1, -0.05) is 6.07 Å². The number of β-amino-alcohol motifs (C(OH)–C–C–N with tert-alkyl or cyclic N) is 1. The van der Waals surface area contributed by atoms with E-state index in [0.29, 0.717) is 45.2 Å². The molecule has 1 aliphatic carbocycles. The second-order valence-corrected chi connectivity index (χ2v) is 12.4. The van der Waals surface area contributed by atoms with Crippen molar-refractivity contribution in [2.75, 3.05) is 37.7 Å². The number of piperidine rings is 1. The first kappa shape index (κ1) is 24.5. The predicted molar refractivity (Wildman–Crippen MR) is 139 cm³/mol. The summed E-state index contributed by atoms with van der Waals surface area (Å²) in [5.41, 5.74) is 2.47. The lowest BCUT2D eigenvalue weighted by Crippen LogP contribution is -2.47. The summed E-state index contributed by atoms with van der Waals surface area (Å²) in [7, 11) is 0. The SMILES string of the molecule is C[C@@]1(O)CCCN(c2nc(OC[C@@]34CCCN3C[C@H](F)C4)nc3c2COC2(CCc4ccc(O)cc42)C3)C1. The highest BCUT2D eigenvalue weighted by Gasteiger charge is 2.50. The third kappa shape index (κ3) is 4.05. The third-order valence-electron chi connectivity index (χ3n) is 9.58. The number of benzene rings is 1. The van der Waals surface area contributed by atoms with Gasteiger partial charge in [0.15, 0.2) is 0 Å². The number of aromatic nitrogens is 2. The first-order chi connectivity index (χ1) is 18.2. The van der Waals surface area contributed by atoms with Crippen molar-refractivity contribution in [2.24, 2.45) is 0 Å². The topological polar surface area (TPSA) is 91.2 Å². The third-order valence-corrected chi connectivity index (χ3v) is 9.58. The molecule has 0 saturated carbocycles. The molecule has 2 aromatic rings. The molecule has 7 rings (SSSR count). The van der Waals surface area contributed by atoms with Gasteiger partial charge in [-0.05, 0) is 75.3 Å². The van der Waals surface area contributed by atoms with Crippen molar-refractivity contribution >= 4 is 5.82 Å². The van der Waals surface area contributed by atoms with Crippen LogP contribution in [0.2, 0.25) is 0 Å². The van der Waals surface area contributed by atoms with Gasteiger partial charge in [-0.3, -0.25) is 4.90 Å². The molecule has 4 atom stereocenters. The quantitative estimate of drug-likeness (QED) is 0.629. The normalized spacial score (nSPS) is 34.4. The molecule has 38 heavy (non-hydrogen) atoms. The van der Waals surface area contributed by atoms with Gasteiger partial charge in [-0.2, -0.15) is 9.97 Å². The van der Waals surface area contributed by atoms with Crippen LogP contribution in [-0.2, 0) is 29.8 Å². The Hall–Kier alpha value is -2.49. The first-order valence-electron chi connectivity index (χ1n) is 14.1. The molecule has 1 aromatic heterocycles. The van der Waals surface area contributed by atoms with Crippen LogP contribution in [0.3, 0.4) is 0 Å². The average molecular weight is 525 g/mol. The summed E-state index contributed by atoms with van der Waals surface area (Å²) in [4.78, 5) is 14.2. The Kier molecular flexibility index (Phi) is 5.66. The lowest BCUT2D eigenvalue weighted by Gasteiger charge is -2.41. The summed E-state index contributed by atoms with van der Waals surface area (Å²) in [5.74, 6) is 1.01. The Balaban J connectivity index is 1.24. The van der Waals surface area contributed by atoms with E-state index in [1.807, 2.05) is 19.1 Å². The number of fused-ring (bicyclic) bond motifs is 4. The average Bonchev–Trinajstić information content (AvgIpc) is 3.52. The smallest absolute Gasteiger partial charge is 0.318 e. The second-order valence-electron chi connectivity index (χ2n) is 12.4. The highest BCUT2D eigenvalue weighted by molar-refractivity contribution is 5.53. The van der Waals surface area contributed by atoms with E-state index >= 15 is 0 Å². The number of hydrogen-bond donors (Lipinski definition) is 2. The summed E-state index contributed by atoms with van der Waals surface area (Å²) in [6, 6.07) is 5.87. The number of rotatable bonds is 4. The van der Waals surface area contributed by atoms with Crippen molar-refractivity contribution in [1.82, 2.24) is 14.9 Å². The number of ether oxygens (including phenoxy) is 2. The van der Waals surface area contributed by atoms with Crippen molar-refractivity contribution in [3.05, 3.63) is 40.6 Å². The van der Waals surface area contributed by atoms with E-state index in [1.165, 1.54) is 5.56 Å². The fourth-order valence-electron chi connectivity index (χ4n) is 7.71. The lowest BCUT2D eigenvalue weighted by molar-refractivity contribution is -0.0732.